The highest BCUT2D eigenvalue weighted by Gasteiger charge is 2.29. The van der Waals surface area contributed by atoms with Crippen LogP contribution in [0.4, 0.5) is 9.59 Å². The summed E-state index contributed by atoms with van der Waals surface area (Å²) in [5.74, 6) is -0.911. The number of carbonyl (C=O) groups is 3. The molecule has 0 atom stereocenters. The lowest BCUT2D eigenvalue weighted by Gasteiger charge is -2.25. The summed E-state index contributed by atoms with van der Waals surface area (Å²) >= 11 is 6.33. The molecule has 0 aliphatic carbocycles. The molecule has 0 aliphatic rings. The summed E-state index contributed by atoms with van der Waals surface area (Å²) in [5, 5.41) is 4.41. The second-order valence-electron chi connectivity index (χ2n) is 10.5. The number of amides is 2. The Bertz CT molecular complexity index is 1680. The number of ether oxygens (including phenoxy) is 3. The standard InChI is InChI=1S/C32H32ClN3O7/c1-32(2,3)43-30(39)34-17-18-41-29(38)27-26(22-13-9-6-10-14-22)25-19-23(33)15-16-24(25)28(37)36(27)35(4)31(40)42-20-21-11-7-5-8-12-21/h5-16,19H,17-18,20H2,1-4H3,(H,34,39). The van der Waals surface area contributed by atoms with Crippen molar-refractivity contribution in [1.29, 1.82) is 0 Å². The molecule has 0 saturated heterocycles. The smallest absolute Gasteiger partial charge is 0.429 e. The van der Waals surface area contributed by atoms with Crippen LogP contribution in [-0.4, -0.2) is 48.6 Å². The zero-order valence-electron chi connectivity index (χ0n) is 24.3. The number of fused-ring (bicyclic) bond motifs is 1. The number of hydrogen-bond acceptors (Lipinski definition) is 7. The SMILES string of the molecule is CN(C(=O)OCc1ccccc1)n1c(C(=O)OCCNC(=O)OC(C)(C)C)c(-c2ccccc2)c2cc(Cl)ccc2c1=O. The van der Waals surface area contributed by atoms with Gasteiger partial charge in [0.2, 0.25) is 0 Å². The van der Waals surface area contributed by atoms with Crippen molar-refractivity contribution in [3.05, 3.63) is 105 Å². The Kier molecular flexibility index (Phi) is 9.72. The average Bonchev–Trinajstić information content (AvgIpc) is 2.97. The first-order valence-electron chi connectivity index (χ1n) is 13.5. The van der Waals surface area contributed by atoms with E-state index in [0.29, 0.717) is 21.5 Å². The van der Waals surface area contributed by atoms with Gasteiger partial charge in [0.15, 0.2) is 5.69 Å². The largest absolute Gasteiger partial charge is 0.459 e. The second-order valence-corrected chi connectivity index (χ2v) is 11.0. The monoisotopic (exact) mass is 605 g/mol. The maximum atomic E-state index is 13.9. The fourth-order valence-electron chi connectivity index (χ4n) is 4.30. The van der Waals surface area contributed by atoms with E-state index in [0.717, 1.165) is 15.2 Å². The van der Waals surface area contributed by atoms with Crippen LogP contribution in [0.3, 0.4) is 0 Å². The van der Waals surface area contributed by atoms with Gasteiger partial charge in [0.05, 0.1) is 6.54 Å². The van der Waals surface area contributed by atoms with Crippen molar-refractivity contribution in [1.82, 2.24) is 9.99 Å². The Morgan fingerprint density at radius 2 is 1.56 bits per heavy atom. The molecule has 0 bridgehead atoms. The van der Waals surface area contributed by atoms with Gasteiger partial charge in [0, 0.05) is 23.0 Å². The normalized spacial score (nSPS) is 11.1. The van der Waals surface area contributed by atoms with Crippen LogP contribution < -0.4 is 15.9 Å². The van der Waals surface area contributed by atoms with E-state index in [1.165, 1.54) is 13.1 Å². The van der Waals surface area contributed by atoms with Gasteiger partial charge in [-0.2, -0.15) is 0 Å². The number of alkyl carbamates (subject to hydrolysis) is 1. The maximum absolute atomic E-state index is 13.9. The van der Waals surface area contributed by atoms with Crippen molar-refractivity contribution in [3.63, 3.8) is 0 Å². The predicted molar refractivity (Wildman–Crippen MR) is 164 cm³/mol. The molecule has 11 heteroatoms. The number of benzene rings is 3. The summed E-state index contributed by atoms with van der Waals surface area (Å²) in [6, 6.07) is 22.6. The number of hydrogen-bond donors (Lipinski definition) is 1. The number of pyridine rings is 1. The first kappa shape index (κ1) is 31.1. The number of nitrogens with zero attached hydrogens (tertiary/aromatic N) is 2. The van der Waals surface area contributed by atoms with Crippen LogP contribution in [0.15, 0.2) is 83.7 Å². The van der Waals surface area contributed by atoms with Gasteiger partial charge < -0.3 is 19.5 Å². The molecular formula is C32H32ClN3O7. The van der Waals surface area contributed by atoms with Crippen LogP contribution >= 0.6 is 11.6 Å². The Balaban J connectivity index is 1.76. The Morgan fingerprint density at radius 3 is 2.21 bits per heavy atom. The molecule has 43 heavy (non-hydrogen) atoms. The van der Waals surface area contributed by atoms with E-state index in [1.54, 1.807) is 69.3 Å². The maximum Gasteiger partial charge on any atom is 0.429 e. The van der Waals surface area contributed by atoms with Crippen LogP contribution in [0.5, 0.6) is 0 Å². The van der Waals surface area contributed by atoms with Crippen molar-refractivity contribution < 1.29 is 28.6 Å². The average molecular weight is 606 g/mol. The molecule has 10 nitrogen and oxygen atoms in total. The van der Waals surface area contributed by atoms with Gasteiger partial charge in [-0.1, -0.05) is 72.3 Å². The molecule has 4 rings (SSSR count). The highest BCUT2D eigenvalue weighted by molar-refractivity contribution is 6.31. The summed E-state index contributed by atoms with van der Waals surface area (Å²) in [6.45, 7) is 4.83. The zero-order chi connectivity index (χ0) is 31.1. The molecule has 0 saturated carbocycles. The van der Waals surface area contributed by atoms with Crippen molar-refractivity contribution in [2.45, 2.75) is 33.0 Å². The van der Waals surface area contributed by atoms with E-state index in [9.17, 15) is 19.2 Å². The molecular weight excluding hydrogens is 574 g/mol. The van der Waals surface area contributed by atoms with Gasteiger partial charge in [0.25, 0.3) is 5.56 Å². The van der Waals surface area contributed by atoms with Gasteiger partial charge in [-0.05, 0) is 55.5 Å². The van der Waals surface area contributed by atoms with Crippen LogP contribution in [0, 0.1) is 0 Å². The fourth-order valence-corrected chi connectivity index (χ4v) is 4.48. The predicted octanol–water partition coefficient (Wildman–Crippen LogP) is 5.91. The number of rotatable bonds is 8. The molecule has 3 aromatic carbocycles. The third-order valence-corrected chi connectivity index (χ3v) is 6.39. The summed E-state index contributed by atoms with van der Waals surface area (Å²) in [7, 11) is 1.33. The summed E-state index contributed by atoms with van der Waals surface area (Å²) in [5.41, 5.74) is 0.0607. The molecule has 0 spiro atoms. The molecule has 2 amide bonds. The molecule has 1 N–H and O–H groups in total. The second kappa shape index (κ2) is 13.4. The third-order valence-electron chi connectivity index (χ3n) is 6.15. The van der Waals surface area contributed by atoms with Gasteiger partial charge in [-0.15, -0.1) is 0 Å². The highest BCUT2D eigenvalue weighted by Crippen LogP contribution is 2.33. The summed E-state index contributed by atoms with van der Waals surface area (Å²) in [6.07, 6.45) is -1.55. The quantitative estimate of drug-likeness (QED) is 0.151. The molecule has 0 radical (unpaired) electrons. The first-order chi connectivity index (χ1) is 20.5. The first-order valence-corrected chi connectivity index (χ1v) is 13.9. The molecule has 1 heterocycles. The van der Waals surface area contributed by atoms with E-state index in [1.807, 2.05) is 24.3 Å². The minimum absolute atomic E-state index is 0.0520. The Morgan fingerprint density at radius 1 is 0.907 bits per heavy atom. The molecule has 1 aromatic heterocycles. The van der Waals surface area contributed by atoms with Crippen LogP contribution in [-0.2, 0) is 20.8 Å². The van der Waals surface area contributed by atoms with Crippen LogP contribution in [0.2, 0.25) is 5.02 Å². The Labute approximate surface area is 253 Å². The van der Waals surface area contributed by atoms with Gasteiger partial charge in [-0.3, -0.25) is 4.79 Å². The van der Waals surface area contributed by atoms with Crippen molar-refractivity contribution in [2.24, 2.45) is 0 Å². The fraction of sp³-hybridized carbons (Fsp3) is 0.250. The van der Waals surface area contributed by atoms with E-state index >= 15 is 0 Å². The topological polar surface area (TPSA) is 116 Å². The molecule has 0 fully saturated rings. The van der Waals surface area contributed by atoms with E-state index in [-0.39, 0.29) is 30.8 Å². The summed E-state index contributed by atoms with van der Waals surface area (Å²) < 4.78 is 17.1. The number of nitrogens with one attached hydrogen (secondary N) is 1. The molecule has 224 valence electrons. The zero-order valence-corrected chi connectivity index (χ0v) is 25.0. The molecule has 0 aliphatic heterocycles. The van der Waals surface area contributed by atoms with Crippen LogP contribution in [0.1, 0.15) is 36.8 Å². The highest BCUT2D eigenvalue weighted by atomic mass is 35.5. The molecule has 4 aromatic rings. The number of esters is 1. The molecule has 0 unspecified atom stereocenters. The van der Waals surface area contributed by atoms with E-state index < -0.39 is 29.3 Å². The minimum atomic E-state index is -0.911. The van der Waals surface area contributed by atoms with Gasteiger partial charge >= 0.3 is 18.2 Å². The summed E-state index contributed by atoms with van der Waals surface area (Å²) in [4.78, 5) is 53.0. The minimum Gasteiger partial charge on any atom is -0.459 e. The van der Waals surface area contributed by atoms with Crippen molar-refractivity contribution in [2.75, 3.05) is 25.2 Å². The van der Waals surface area contributed by atoms with Gasteiger partial charge in [-0.25, -0.2) is 24.1 Å². The van der Waals surface area contributed by atoms with E-state index in [2.05, 4.69) is 5.32 Å². The van der Waals surface area contributed by atoms with Crippen molar-refractivity contribution in [3.8, 4) is 11.1 Å². The lowest BCUT2D eigenvalue weighted by Crippen LogP contribution is -2.47. The lowest BCUT2D eigenvalue weighted by atomic mass is 9.97. The van der Waals surface area contributed by atoms with Crippen LogP contribution in [0.25, 0.3) is 21.9 Å². The lowest BCUT2D eigenvalue weighted by molar-refractivity contribution is 0.0426. The number of halogens is 1. The third kappa shape index (κ3) is 7.72. The van der Waals surface area contributed by atoms with E-state index in [4.69, 9.17) is 25.8 Å². The van der Waals surface area contributed by atoms with Crippen molar-refractivity contribution >= 4 is 40.5 Å². The number of carbonyl (C=O) groups excluding carboxylic acids is 3. The Hall–Kier alpha value is -4.83. The number of aromatic nitrogens is 1. The van der Waals surface area contributed by atoms with Gasteiger partial charge in [0.1, 0.15) is 18.8 Å².